The Bertz CT molecular complexity index is 2510. The van der Waals surface area contributed by atoms with E-state index in [1.807, 2.05) is 12.3 Å². The molecular formula is C39H23N3. The molecule has 42 heavy (non-hydrogen) atoms. The van der Waals surface area contributed by atoms with Gasteiger partial charge in [0.25, 0.3) is 0 Å². The molecule has 0 saturated carbocycles. The summed E-state index contributed by atoms with van der Waals surface area (Å²) in [6, 6.07) is 47.1. The maximum Gasteiger partial charge on any atom is 0.0972 e. The predicted molar refractivity (Wildman–Crippen MR) is 176 cm³/mol. The lowest BCUT2D eigenvalue weighted by atomic mass is 9.90. The second kappa shape index (κ2) is 8.92. The fraction of sp³-hybridized carbons (Fsp3) is 0. The second-order valence-corrected chi connectivity index (χ2v) is 10.8. The molecule has 3 heteroatoms. The Morgan fingerprint density at radius 1 is 0.381 bits per heavy atom. The first-order chi connectivity index (χ1) is 20.8. The molecule has 0 aliphatic carbocycles. The summed E-state index contributed by atoms with van der Waals surface area (Å²) in [5, 5.41) is 10.8. The number of hydrogen-bond donors (Lipinski definition) is 0. The van der Waals surface area contributed by atoms with E-state index >= 15 is 0 Å². The van der Waals surface area contributed by atoms with E-state index < -0.39 is 0 Å². The minimum Gasteiger partial charge on any atom is -0.254 e. The summed E-state index contributed by atoms with van der Waals surface area (Å²) < 4.78 is 0. The number of para-hydroxylation sites is 1. The third-order valence-corrected chi connectivity index (χ3v) is 8.46. The molecule has 0 fully saturated rings. The molecule has 194 valence electrons. The lowest BCUT2D eigenvalue weighted by Gasteiger charge is -2.16. The van der Waals surface area contributed by atoms with Gasteiger partial charge in [-0.2, -0.15) is 0 Å². The largest absolute Gasteiger partial charge is 0.254 e. The van der Waals surface area contributed by atoms with Crippen LogP contribution in [0.15, 0.2) is 140 Å². The Balaban J connectivity index is 1.29. The number of pyridine rings is 3. The molecule has 0 unspecified atom stereocenters. The van der Waals surface area contributed by atoms with Crippen LogP contribution in [0.4, 0.5) is 0 Å². The van der Waals surface area contributed by atoms with Crippen molar-refractivity contribution in [2.45, 2.75) is 0 Å². The Kier molecular flexibility index (Phi) is 4.90. The van der Waals surface area contributed by atoms with E-state index in [4.69, 9.17) is 9.97 Å². The molecule has 0 N–H and O–H groups in total. The van der Waals surface area contributed by atoms with E-state index in [0.29, 0.717) is 0 Å². The van der Waals surface area contributed by atoms with Crippen molar-refractivity contribution in [3.8, 4) is 22.5 Å². The van der Waals surface area contributed by atoms with Crippen molar-refractivity contribution in [3.05, 3.63) is 140 Å². The van der Waals surface area contributed by atoms with Crippen molar-refractivity contribution in [3.63, 3.8) is 0 Å². The zero-order chi connectivity index (χ0) is 27.6. The fourth-order valence-electron chi connectivity index (χ4n) is 6.52. The van der Waals surface area contributed by atoms with Gasteiger partial charge in [-0.3, -0.25) is 4.98 Å². The zero-order valence-corrected chi connectivity index (χ0v) is 22.6. The summed E-state index contributed by atoms with van der Waals surface area (Å²) in [7, 11) is 0. The van der Waals surface area contributed by atoms with Crippen molar-refractivity contribution < 1.29 is 0 Å². The molecule has 0 saturated heterocycles. The van der Waals surface area contributed by atoms with Crippen molar-refractivity contribution >= 4 is 65.0 Å². The Hall–Kier alpha value is -5.67. The molecule has 9 rings (SSSR count). The number of nitrogens with zero attached hydrogens (tertiary/aromatic N) is 3. The summed E-state index contributed by atoms with van der Waals surface area (Å²) in [5.41, 5.74) is 6.94. The van der Waals surface area contributed by atoms with Gasteiger partial charge in [-0.05, 0) is 39.7 Å². The molecule has 3 aromatic heterocycles. The van der Waals surface area contributed by atoms with Gasteiger partial charge in [0.05, 0.1) is 27.9 Å². The van der Waals surface area contributed by atoms with Crippen molar-refractivity contribution in [2.75, 3.05) is 0 Å². The van der Waals surface area contributed by atoms with E-state index in [1.165, 1.54) is 37.7 Å². The van der Waals surface area contributed by atoms with E-state index in [2.05, 4.69) is 132 Å². The molecular weight excluding hydrogens is 510 g/mol. The van der Waals surface area contributed by atoms with Gasteiger partial charge in [0.1, 0.15) is 0 Å². The minimum absolute atomic E-state index is 0.926. The molecule has 0 aliphatic rings. The van der Waals surface area contributed by atoms with Crippen LogP contribution in [0.5, 0.6) is 0 Å². The third-order valence-electron chi connectivity index (χ3n) is 8.46. The Morgan fingerprint density at radius 3 is 1.74 bits per heavy atom. The Morgan fingerprint density at radius 2 is 0.976 bits per heavy atom. The molecule has 0 aliphatic heterocycles. The summed E-state index contributed by atoms with van der Waals surface area (Å²) in [5.74, 6) is 0. The topological polar surface area (TPSA) is 38.7 Å². The van der Waals surface area contributed by atoms with Crippen molar-refractivity contribution in [1.82, 2.24) is 15.0 Å². The first-order valence-corrected chi connectivity index (χ1v) is 14.2. The first-order valence-electron chi connectivity index (χ1n) is 14.2. The number of benzene rings is 6. The van der Waals surface area contributed by atoms with Gasteiger partial charge in [-0.25, -0.2) is 9.97 Å². The highest BCUT2D eigenvalue weighted by Gasteiger charge is 2.17. The van der Waals surface area contributed by atoms with E-state index in [0.717, 1.165) is 49.8 Å². The molecule has 6 aromatic carbocycles. The highest BCUT2D eigenvalue weighted by molar-refractivity contribution is 6.33. The maximum absolute atomic E-state index is 5.28. The van der Waals surface area contributed by atoms with Crippen LogP contribution in [0.2, 0.25) is 0 Å². The van der Waals surface area contributed by atoms with Crippen molar-refractivity contribution in [1.29, 1.82) is 0 Å². The van der Waals surface area contributed by atoms with Crippen LogP contribution in [-0.2, 0) is 0 Å². The number of aromatic nitrogens is 3. The highest BCUT2D eigenvalue weighted by atomic mass is 14.8. The van der Waals surface area contributed by atoms with Crippen LogP contribution >= 0.6 is 0 Å². The van der Waals surface area contributed by atoms with Crippen LogP contribution in [0.1, 0.15) is 0 Å². The lowest BCUT2D eigenvalue weighted by molar-refractivity contribution is 1.37. The molecule has 9 aromatic rings. The van der Waals surface area contributed by atoms with Gasteiger partial charge in [-0.1, -0.05) is 115 Å². The van der Waals surface area contributed by atoms with E-state index in [1.54, 1.807) is 0 Å². The van der Waals surface area contributed by atoms with Gasteiger partial charge >= 0.3 is 0 Å². The molecule has 0 atom stereocenters. The fourth-order valence-corrected chi connectivity index (χ4v) is 6.52. The monoisotopic (exact) mass is 533 g/mol. The van der Waals surface area contributed by atoms with E-state index in [-0.39, 0.29) is 0 Å². The molecule has 0 spiro atoms. The van der Waals surface area contributed by atoms with Gasteiger partial charge < -0.3 is 0 Å². The average Bonchev–Trinajstić information content (AvgIpc) is 3.07. The number of fused-ring (bicyclic) bond motifs is 11. The zero-order valence-electron chi connectivity index (χ0n) is 22.6. The van der Waals surface area contributed by atoms with Crippen LogP contribution in [-0.4, -0.2) is 15.0 Å². The summed E-state index contributed by atoms with van der Waals surface area (Å²) >= 11 is 0. The smallest absolute Gasteiger partial charge is 0.0972 e. The summed E-state index contributed by atoms with van der Waals surface area (Å²) in [6.07, 6.45) is 1.83. The standard InChI is InChI=1S/C39H23N3/c1-3-11-30-28(9-1)29-10-2-4-12-31(29)36-35(30)32-13-5-6-14-34(32)42-37(36)26-17-15-24(16-18-26)33-22-21-27-20-19-25-8-7-23-40-38(25)39(27)41-33/h1-23H. The van der Waals surface area contributed by atoms with Gasteiger partial charge in [0.15, 0.2) is 0 Å². The normalized spacial score (nSPS) is 11.8. The van der Waals surface area contributed by atoms with Gasteiger partial charge in [-0.15, -0.1) is 0 Å². The van der Waals surface area contributed by atoms with Crippen molar-refractivity contribution in [2.24, 2.45) is 0 Å². The highest BCUT2D eigenvalue weighted by Crippen LogP contribution is 2.42. The average molecular weight is 534 g/mol. The molecule has 0 bridgehead atoms. The lowest BCUT2D eigenvalue weighted by Crippen LogP contribution is -1.93. The second-order valence-electron chi connectivity index (χ2n) is 10.8. The van der Waals surface area contributed by atoms with E-state index in [9.17, 15) is 0 Å². The first kappa shape index (κ1) is 23.1. The van der Waals surface area contributed by atoms with Crippen LogP contribution in [0.3, 0.4) is 0 Å². The summed E-state index contributed by atoms with van der Waals surface area (Å²) in [6.45, 7) is 0. The van der Waals surface area contributed by atoms with Crippen LogP contribution in [0.25, 0.3) is 87.5 Å². The maximum atomic E-state index is 5.28. The number of hydrogen-bond acceptors (Lipinski definition) is 3. The molecule has 0 radical (unpaired) electrons. The molecule has 3 heterocycles. The Labute approximate surface area is 241 Å². The minimum atomic E-state index is 0.926. The molecule has 0 amide bonds. The predicted octanol–water partition coefficient (Wildman–Crippen LogP) is 10.1. The molecule has 3 nitrogen and oxygen atoms in total. The number of rotatable bonds is 2. The van der Waals surface area contributed by atoms with Gasteiger partial charge in [0.2, 0.25) is 0 Å². The summed E-state index contributed by atoms with van der Waals surface area (Å²) in [4.78, 5) is 15.0. The SMILES string of the molecule is c1cnc2c(c1)ccc1ccc(-c3ccc(-c4nc5ccccc5c5c6ccccc6c6ccccc6c45)cc3)nc12. The third kappa shape index (κ3) is 3.37. The van der Waals surface area contributed by atoms with Gasteiger partial charge in [0, 0.05) is 44.3 Å². The quantitative estimate of drug-likeness (QED) is 0.208. The van der Waals surface area contributed by atoms with Crippen LogP contribution in [0, 0.1) is 0 Å². The van der Waals surface area contributed by atoms with Crippen LogP contribution < -0.4 is 0 Å².